The Morgan fingerprint density at radius 1 is 1.41 bits per heavy atom. The number of pyridine rings is 1. The third-order valence-corrected chi connectivity index (χ3v) is 2.88. The smallest absolute Gasteiger partial charge is 0.229 e. The first kappa shape index (κ1) is 13.6. The van der Waals surface area contributed by atoms with Gasteiger partial charge in [0.2, 0.25) is 5.91 Å². The third kappa shape index (κ3) is 3.53. The predicted octanol–water partition coefficient (Wildman–Crippen LogP) is 1.41. The van der Waals surface area contributed by atoms with Crippen molar-refractivity contribution in [3.8, 4) is 0 Å². The summed E-state index contributed by atoms with van der Waals surface area (Å²) in [7, 11) is 0. The second kappa shape index (κ2) is 5.77. The van der Waals surface area contributed by atoms with E-state index in [9.17, 15) is 4.79 Å². The summed E-state index contributed by atoms with van der Waals surface area (Å²) in [5.74, 6) is 0.0966. The maximum Gasteiger partial charge on any atom is 0.229 e. The van der Waals surface area contributed by atoms with Crippen LogP contribution in [0.4, 0.5) is 0 Å². The Balaban J connectivity index is 2.76. The van der Waals surface area contributed by atoms with Gasteiger partial charge in [-0.15, -0.1) is 0 Å². The van der Waals surface area contributed by atoms with Gasteiger partial charge in [0, 0.05) is 32.0 Å². The van der Waals surface area contributed by atoms with Crippen LogP contribution < -0.4 is 5.73 Å². The summed E-state index contributed by atoms with van der Waals surface area (Å²) in [6.07, 6.45) is 3.48. The molecule has 17 heavy (non-hydrogen) atoms. The summed E-state index contributed by atoms with van der Waals surface area (Å²) >= 11 is 0. The molecule has 1 aromatic rings. The summed E-state index contributed by atoms with van der Waals surface area (Å²) in [6.45, 7) is 7.39. The van der Waals surface area contributed by atoms with Gasteiger partial charge in [-0.25, -0.2) is 0 Å². The lowest BCUT2D eigenvalue weighted by Crippen LogP contribution is -2.44. The Morgan fingerprint density at radius 3 is 2.47 bits per heavy atom. The minimum absolute atomic E-state index is 0.0966. The third-order valence-electron chi connectivity index (χ3n) is 2.88. The van der Waals surface area contributed by atoms with Crippen molar-refractivity contribution >= 4 is 5.91 Å². The van der Waals surface area contributed by atoms with Gasteiger partial charge in [0.1, 0.15) is 0 Å². The molecule has 0 radical (unpaired) electrons. The van der Waals surface area contributed by atoms with Crippen molar-refractivity contribution in [1.29, 1.82) is 0 Å². The van der Waals surface area contributed by atoms with Crippen LogP contribution in [-0.2, 0) is 11.3 Å². The van der Waals surface area contributed by atoms with Gasteiger partial charge in [-0.1, -0.05) is 0 Å². The van der Waals surface area contributed by atoms with Gasteiger partial charge in [0.05, 0.1) is 5.41 Å². The standard InChI is InChI=1S/C13H21N3O/c1-4-16(12(17)13(2,3)10-14)9-11-5-7-15-8-6-11/h5-8H,4,9-10,14H2,1-3H3. The van der Waals surface area contributed by atoms with E-state index in [1.165, 1.54) is 0 Å². The fraction of sp³-hybridized carbons (Fsp3) is 0.538. The van der Waals surface area contributed by atoms with E-state index >= 15 is 0 Å². The van der Waals surface area contributed by atoms with E-state index < -0.39 is 5.41 Å². The lowest BCUT2D eigenvalue weighted by Gasteiger charge is -2.30. The Labute approximate surface area is 103 Å². The molecule has 4 heteroatoms. The molecule has 94 valence electrons. The van der Waals surface area contributed by atoms with Crippen molar-refractivity contribution in [3.63, 3.8) is 0 Å². The Morgan fingerprint density at radius 2 is 2.00 bits per heavy atom. The maximum atomic E-state index is 12.3. The van der Waals surface area contributed by atoms with Crippen molar-refractivity contribution in [2.24, 2.45) is 11.1 Å². The van der Waals surface area contributed by atoms with E-state index in [2.05, 4.69) is 4.98 Å². The van der Waals surface area contributed by atoms with Crippen LogP contribution in [0.15, 0.2) is 24.5 Å². The average molecular weight is 235 g/mol. The van der Waals surface area contributed by atoms with Crippen LogP contribution in [0.2, 0.25) is 0 Å². The van der Waals surface area contributed by atoms with E-state index in [0.29, 0.717) is 19.6 Å². The van der Waals surface area contributed by atoms with E-state index in [0.717, 1.165) is 5.56 Å². The minimum Gasteiger partial charge on any atom is -0.338 e. The molecule has 0 saturated heterocycles. The van der Waals surface area contributed by atoms with Crippen LogP contribution in [0, 0.1) is 5.41 Å². The number of rotatable bonds is 5. The molecule has 0 aliphatic rings. The van der Waals surface area contributed by atoms with Gasteiger partial charge in [0.25, 0.3) is 0 Å². The molecule has 1 rings (SSSR count). The van der Waals surface area contributed by atoms with Gasteiger partial charge < -0.3 is 10.6 Å². The lowest BCUT2D eigenvalue weighted by molar-refractivity contribution is -0.140. The largest absolute Gasteiger partial charge is 0.338 e. The zero-order valence-electron chi connectivity index (χ0n) is 10.8. The zero-order chi connectivity index (χ0) is 12.9. The van der Waals surface area contributed by atoms with Crippen LogP contribution >= 0.6 is 0 Å². The highest BCUT2D eigenvalue weighted by atomic mass is 16.2. The summed E-state index contributed by atoms with van der Waals surface area (Å²) in [4.78, 5) is 18.0. The molecule has 1 amide bonds. The summed E-state index contributed by atoms with van der Waals surface area (Å²) in [5.41, 5.74) is 6.22. The number of aromatic nitrogens is 1. The van der Waals surface area contributed by atoms with Crippen LogP contribution in [0.5, 0.6) is 0 Å². The highest BCUT2D eigenvalue weighted by Gasteiger charge is 2.29. The second-order valence-electron chi connectivity index (χ2n) is 4.76. The first-order chi connectivity index (χ1) is 8.01. The first-order valence-electron chi connectivity index (χ1n) is 5.89. The molecule has 0 atom stereocenters. The summed E-state index contributed by atoms with van der Waals surface area (Å²) < 4.78 is 0. The quantitative estimate of drug-likeness (QED) is 0.839. The monoisotopic (exact) mass is 235 g/mol. The molecule has 0 aromatic carbocycles. The number of amides is 1. The molecule has 4 nitrogen and oxygen atoms in total. The SMILES string of the molecule is CCN(Cc1ccncc1)C(=O)C(C)(C)CN. The molecule has 0 fully saturated rings. The Bertz CT molecular complexity index is 362. The highest BCUT2D eigenvalue weighted by Crippen LogP contribution is 2.18. The molecule has 1 heterocycles. The van der Waals surface area contributed by atoms with Crippen molar-refractivity contribution in [2.45, 2.75) is 27.3 Å². The maximum absolute atomic E-state index is 12.3. The number of nitrogens with two attached hydrogens (primary N) is 1. The van der Waals surface area contributed by atoms with E-state index in [4.69, 9.17) is 5.73 Å². The molecular weight excluding hydrogens is 214 g/mol. The topological polar surface area (TPSA) is 59.2 Å². The summed E-state index contributed by atoms with van der Waals surface area (Å²) in [6, 6.07) is 3.84. The number of nitrogens with zero attached hydrogens (tertiary/aromatic N) is 2. The number of carbonyl (C=O) groups excluding carboxylic acids is 1. The zero-order valence-corrected chi connectivity index (χ0v) is 10.8. The number of carbonyl (C=O) groups is 1. The van der Waals surface area contributed by atoms with E-state index in [1.807, 2.05) is 37.8 Å². The van der Waals surface area contributed by atoms with Crippen molar-refractivity contribution in [3.05, 3.63) is 30.1 Å². The van der Waals surface area contributed by atoms with Gasteiger partial charge in [0.15, 0.2) is 0 Å². The molecule has 0 spiro atoms. The molecule has 2 N–H and O–H groups in total. The predicted molar refractivity (Wildman–Crippen MR) is 68.2 cm³/mol. The Kier molecular flexibility index (Phi) is 4.63. The first-order valence-corrected chi connectivity index (χ1v) is 5.89. The van der Waals surface area contributed by atoms with Gasteiger partial charge in [-0.05, 0) is 38.5 Å². The van der Waals surface area contributed by atoms with Crippen LogP contribution in [-0.4, -0.2) is 28.9 Å². The number of hydrogen-bond acceptors (Lipinski definition) is 3. The van der Waals surface area contributed by atoms with Gasteiger partial charge in [-0.2, -0.15) is 0 Å². The molecular formula is C13H21N3O. The van der Waals surface area contributed by atoms with Crippen LogP contribution in [0.1, 0.15) is 26.3 Å². The lowest BCUT2D eigenvalue weighted by atomic mass is 9.91. The molecule has 0 aliphatic carbocycles. The second-order valence-corrected chi connectivity index (χ2v) is 4.76. The van der Waals surface area contributed by atoms with Crippen molar-refractivity contribution < 1.29 is 4.79 Å². The fourth-order valence-electron chi connectivity index (χ4n) is 1.55. The molecule has 0 bridgehead atoms. The average Bonchev–Trinajstić information content (AvgIpc) is 2.36. The summed E-state index contributed by atoms with van der Waals surface area (Å²) in [5, 5.41) is 0. The van der Waals surface area contributed by atoms with E-state index in [-0.39, 0.29) is 5.91 Å². The van der Waals surface area contributed by atoms with Crippen molar-refractivity contribution in [2.75, 3.05) is 13.1 Å². The van der Waals surface area contributed by atoms with E-state index in [1.54, 1.807) is 12.4 Å². The van der Waals surface area contributed by atoms with Gasteiger partial charge in [-0.3, -0.25) is 9.78 Å². The van der Waals surface area contributed by atoms with Gasteiger partial charge >= 0.3 is 0 Å². The minimum atomic E-state index is -0.497. The molecule has 0 aliphatic heterocycles. The highest BCUT2D eigenvalue weighted by molar-refractivity contribution is 5.82. The van der Waals surface area contributed by atoms with Crippen molar-refractivity contribution in [1.82, 2.24) is 9.88 Å². The fourth-order valence-corrected chi connectivity index (χ4v) is 1.55. The van der Waals surface area contributed by atoms with Crippen LogP contribution in [0.25, 0.3) is 0 Å². The molecule has 1 aromatic heterocycles. The van der Waals surface area contributed by atoms with Crippen LogP contribution in [0.3, 0.4) is 0 Å². The Hall–Kier alpha value is -1.42. The molecule has 0 unspecified atom stereocenters. The number of hydrogen-bond donors (Lipinski definition) is 1. The molecule has 0 saturated carbocycles. The normalized spacial score (nSPS) is 11.3.